The van der Waals surface area contributed by atoms with Crippen molar-refractivity contribution in [3.05, 3.63) is 137 Å². The van der Waals surface area contributed by atoms with E-state index in [1.54, 1.807) is 0 Å². The Balaban J connectivity index is 1.33. The van der Waals surface area contributed by atoms with Crippen molar-refractivity contribution in [3.63, 3.8) is 0 Å². The fourth-order valence-corrected chi connectivity index (χ4v) is 6.45. The van der Waals surface area contributed by atoms with E-state index in [-0.39, 0.29) is 24.6 Å². The maximum absolute atomic E-state index is 12.6. The van der Waals surface area contributed by atoms with E-state index in [9.17, 15) is 4.79 Å². The molecule has 1 fully saturated rings. The molecule has 2 N–H and O–H groups in total. The van der Waals surface area contributed by atoms with E-state index >= 15 is 0 Å². The van der Waals surface area contributed by atoms with Crippen LogP contribution in [0.3, 0.4) is 0 Å². The third-order valence-corrected chi connectivity index (χ3v) is 8.41. The van der Waals surface area contributed by atoms with E-state index in [1.807, 2.05) is 79.0 Å². The lowest BCUT2D eigenvalue weighted by atomic mass is 9.96. The van der Waals surface area contributed by atoms with E-state index in [0.717, 1.165) is 22.8 Å². The van der Waals surface area contributed by atoms with Crippen LogP contribution in [0.1, 0.15) is 45.9 Å². The first-order valence-electron chi connectivity index (χ1n) is 14.7. The van der Waals surface area contributed by atoms with Gasteiger partial charge in [-0.25, -0.2) is 0 Å². The average molecular weight is 602 g/mol. The maximum atomic E-state index is 12.6. The summed E-state index contributed by atoms with van der Waals surface area (Å²) in [5.74, 6) is 0.422. The monoisotopic (exact) mass is 601 g/mol. The van der Waals surface area contributed by atoms with Gasteiger partial charge >= 0.3 is 0 Å². The summed E-state index contributed by atoms with van der Waals surface area (Å²) in [6, 6.07) is 31.4. The van der Waals surface area contributed by atoms with Gasteiger partial charge in [0.05, 0.1) is 23.5 Å². The third kappa shape index (κ3) is 5.68. The molecular formula is C36H35N5O2S. The molecular weight excluding hydrogens is 566 g/mol. The summed E-state index contributed by atoms with van der Waals surface area (Å²) in [5.41, 5.74) is 9.66. The number of hydrogen-bond donors (Lipinski definition) is 2. The van der Waals surface area contributed by atoms with Crippen molar-refractivity contribution in [2.24, 2.45) is 0 Å². The lowest BCUT2D eigenvalue weighted by Crippen LogP contribution is -2.29. The van der Waals surface area contributed by atoms with Gasteiger partial charge in [0.25, 0.3) is 5.91 Å². The minimum absolute atomic E-state index is 0.0737. The van der Waals surface area contributed by atoms with Gasteiger partial charge in [-0.3, -0.25) is 9.78 Å². The SMILES string of the molecule is Cc1cccc(C)c1-n1c(C)cc([C@H]2[C@H](c3ccccn3)NC(=S)N2c2ccc(NC(=O)COc3ccccc3)cc2)c1C. The number of hydrogen-bond acceptors (Lipinski definition) is 4. The molecule has 6 rings (SSSR count). The summed E-state index contributed by atoms with van der Waals surface area (Å²) < 4.78 is 7.94. The van der Waals surface area contributed by atoms with Gasteiger partial charge in [-0.1, -0.05) is 42.5 Å². The van der Waals surface area contributed by atoms with E-state index in [2.05, 4.69) is 72.1 Å². The molecule has 7 nitrogen and oxygen atoms in total. The van der Waals surface area contributed by atoms with Crippen LogP contribution in [-0.4, -0.2) is 27.2 Å². The van der Waals surface area contributed by atoms with Crippen molar-refractivity contribution in [1.29, 1.82) is 0 Å². The van der Waals surface area contributed by atoms with E-state index in [1.165, 1.54) is 22.4 Å². The van der Waals surface area contributed by atoms with Crippen LogP contribution in [-0.2, 0) is 4.79 Å². The standard InChI is InChI=1S/C36H35N5O2S/c1-23-11-10-12-24(2)34(23)40-25(3)21-30(26(40)4)35-33(31-15-8-9-20-37-31)39-36(44)41(35)28-18-16-27(17-19-28)38-32(42)22-43-29-13-6-5-7-14-29/h5-21,33,35H,22H2,1-4H3,(H,38,42)(H,39,44)/t33-,35-/m0/s1. The van der Waals surface area contributed by atoms with E-state index in [4.69, 9.17) is 21.9 Å². The highest BCUT2D eigenvalue weighted by Gasteiger charge is 2.42. The number of para-hydroxylation sites is 2. The van der Waals surface area contributed by atoms with Crippen LogP contribution in [0.15, 0.2) is 103 Å². The van der Waals surface area contributed by atoms with Gasteiger partial charge in [-0.05, 0) is 111 Å². The number of amides is 1. The zero-order chi connectivity index (χ0) is 30.8. The molecule has 3 aromatic carbocycles. The van der Waals surface area contributed by atoms with Crippen molar-refractivity contribution in [2.45, 2.75) is 39.8 Å². The number of pyridine rings is 1. The number of carbonyl (C=O) groups excluding carboxylic acids is 1. The van der Waals surface area contributed by atoms with Crippen molar-refractivity contribution in [2.75, 3.05) is 16.8 Å². The molecule has 8 heteroatoms. The first kappa shape index (κ1) is 29.1. The molecule has 1 aliphatic heterocycles. The number of rotatable bonds is 8. The molecule has 1 saturated heterocycles. The largest absolute Gasteiger partial charge is 0.484 e. The second-order valence-electron chi connectivity index (χ2n) is 11.1. The Bertz CT molecular complexity index is 1780. The highest BCUT2D eigenvalue weighted by Crippen LogP contribution is 2.44. The fourth-order valence-electron chi connectivity index (χ4n) is 6.11. The molecule has 0 saturated carbocycles. The Morgan fingerprint density at radius 1 is 0.909 bits per heavy atom. The van der Waals surface area contributed by atoms with Gasteiger partial charge in [0.2, 0.25) is 0 Å². The van der Waals surface area contributed by atoms with Crippen molar-refractivity contribution >= 4 is 34.6 Å². The number of carbonyl (C=O) groups is 1. The van der Waals surface area contributed by atoms with Crippen LogP contribution >= 0.6 is 12.2 Å². The van der Waals surface area contributed by atoms with Crippen LogP contribution in [0, 0.1) is 27.7 Å². The topological polar surface area (TPSA) is 71.4 Å². The van der Waals surface area contributed by atoms with Gasteiger partial charge in [0.15, 0.2) is 11.7 Å². The number of aryl methyl sites for hydroxylation is 3. The van der Waals surface area contributed by atoms with Crippen LogP contribution in [0.4, 0.5) is 11.4 Å². The zero-order valence-electron chi connectivity index (χ0n) is 25.2. The summed E-state index contributed by atoms with van der Waals surface area (Å²) in [7, 11) is 0. The Hall–Kier alpha value is -4.95. The van der Waals surface area contributed by atoms with E-state index < -0.39 is 0 Å². The van der Waals surface area contributed by atoms with Crippen molar-refractivity contribution < 1.29 is 9.53 Å². The number of nitrogens with zero attached hydrogens (tertiary/aromatic N) is 3. The second-order valence-corrected chi connectivity index (χ2v) is 11.5. The minimum atomic E-state index is -0.230. The Kier molecular flexibility index (Phi) is 8.17. The molecule has 0 spiro atoms. The first-order chi connectivity index (χ1) is 21.3. The molecule has 3 heterocycles. The van der Waals surface area contributed by atoms with Gasteiger partial charge in [-0.15, -0.1) is 0 Å². The van der Waals surface area contributed by atoms with Gasteiger partial charge in [0.1, 0.15) is 5.75 Å². The zero-order valence-corrected chi connectivity index (χ0v) is 26.1. The van der Waals surface area contributed by atoms with E-state index in [0.29, 0.717) is 16.5 Å². The average Bonchev–Trinajstić information content (AvgIpc) is 3.52. The van der Waals surface area contributed by atoms with Crippen LogP contribution in [0.2, 0.25) is 0 Å². The summed E-state index contributed by atoms with van der Waals surface area (Å²) in [6.45, 7) is 8.58. The summed E-state index contributed by atoms with van der Waals surface area (Å²) in [6.07, 6.45) is 1.82. The molecule has 1 amide bonds. The Labute approximate surface area is 263 Å². The molecule has 0 radical (unpaired) electrons. The molecule has 222 valence electrons. The Morgan fingerprint density at radius 2 is 1.61 bits per heavy atom. The molecule has 0 bridgehead atoms. The molecule has 2 aromatic heterocycles. The maximum Gasteiger partial charge on any atom is 0.262 e. The molecule has 1 aliphatic rings. The smallest absolute Gasteiger partial charge is 0.262 e. The number of nitrogens with one attached hydrogen (secondary N) is 2. The molecule has 0 unspecified atom stereocenters. The summed E-state index contributed by atoms with van der Waals surface area (Å²) >= 11 is 5.97. The predicted molar refractivity (Wildman–Crippen MR) is 180 cm³/mol. The number of aromatic nitrogens is 2. The summed E-state index contributed by atoms with van der Waals surface area (Å²) in [4.78, 5) is 19.4. The molecule has 2 atom stereocenters. The molecule has 0 aliphatic carbocycles. The number of anilines is 2. The number of ether oxygens (including phenoxy) is 1. The normalized spacial score (nSPS) is 16.1. The summed E-state index contributed by atoms with van der Waals surface area (Å²) in [5, 5.41) is 7.11. The second kappa shape index (κ2) is 12.3. The number of thiocarbonyl (C=S) groups is 1. The molecule has 44 heavy (non-hydrogen) atoms. The Morgan fingerprint density at radius 3 is 2.30 bits per heavy atom. The first-order valence-corrected chi connectivity index (χ1v) is 15.1. The fraction of sp³-hybridized carbons (Fsp3) is 0.194. The lowest BCUT2D eigenvalue weighted by Gasteiger charge is -2.28. The van der Waals surface area contributed by atoms with Crippen LogP contribution < -0.4 is 20.3 Å². The van der Waals surface area contributed by atoms with Gasteiger partial charge in [0, 0.05) is 29.0 Å². The van der Waals surface area contributed by atoms with Gasteiger partial charge in [-0.2, -0.15) is 0 Å². The molecule has 5 aromatic rings. The quantitative estimate of drug-likeness (QED) is 0.182. The van der Waals surface area contributed by atoms with Crippen LogP contribution in [0.25, 0.3) is 5.69 Å². The minimum Gasteiger partial charge on any atom is -0.484 e. The third-order valence-electron chi connectivity index (χ3n) is 8.09. The lowest BCUT2D eigenvalue weighted by molar-refractivity contribution is -0.118. The highest BCUT2D eigenvalue weighted by molar-refractivity contribution is 7.80. The van der Waals surface area contributed by atoms with Crippen LogP contribution in [0.5, 0.6) is 5.75 Å². The van der Waals surface area contributed by atoms with Crippen molar-refractivity contribution in [1.82, 2.24) is 14.9 Å². The van der Waals surface area contributed by atoms with Gasteiger partial charge < -0.3 is 24.8 Å². The number of benzene rings is 3. The van der Waals surface area contributed by atoms with Crippen molar-refractivity contribution in [3.8, 4) is 11.4 Å². The highest BCUT2D eigenvalue weighted by atomic mass is 32.1. The predicted octanol–water partition coefficient (Wildman–Crippen LogP) is 7.30.